The molecule has 186 valence electrons. The molecular weight excluding hydrogens is 465 g/mol. The average Bonchev–Trinajstić information content (AvgIpc) is 3.34. The van der Waals surface area contributed by atoms with Gasteiger partial charge < -0.3 is 24.2 Å². The van der Waals surface area contributed by atoms with Crippen LogP contribution in [0.15, 0.2) is 47.0 Å². The first-order valence-electron chi connectivity index (χ1n) is 11.2. The molecule has 1 aromatic heterocycles. The lowest BCUT2D eigenvalue weighted by Crippen LogP contribution is -2.38. The molecule has 1 N–H and O–H groups in total. The fourth-order valence-corrected chi connectivity index (χ4v) is 3.89. The van der Waals surface area contributed by atoms with Gasteiger partial charge in [0.1, 0.15) is 0 Å². The van der Waals surface area contributed by atoms with Crippen molar-refractivity contribution >= 4 is 17.6 Å². The fourth-order valence-electron chi connectivity index (χ4n) is 3.89. The second-order valence-electron chi connectivity index (χ2n) is 8.03. The smallest absolute Gasteiger partial charge is 0.416 e. The largest absolute Gasteiger partial charge is 0.493 e. The molecule has 2 heterocycles. The number of anilines is 2. The maximum atomic E-state index is 12.9. The van der Waals surface area contributed by atoms with Crippen molar-refractivity contribution in [3.63, 3.8) is 0 Å². The first kappa shape index (κ1) is 24.4. The van der Waals surface area contributed by atoms with Crippen LogP contribution in [0.5, 0.6) is 11.5 Å². The van der Waals surface area contributed by atoms with E-state index in [2.05, 4.69) is 15.5 Å². The van der Waals surface area contributed by atoms with Gasteiger partial charge in [0.05, 0.1) is 19.3 Å². The normalized spacial score (nSPS) is 14.6. The van der Waals surface area contributed by atoms with Crippen molar-refractivity contribution in [1.29, 1.82) is 0 Å². The number of benzene rings is 2. The molecule has 3 aromatic rings. The van der Waals surface area contributed by atoms with Gasteiger partial charge >= 0.3 is 12.2 Å². The molecule has 1 aliphatic rings. The van der Waals surface area contributed by atoms with Crippen LogP contribution in [0.4, 0.5) is 24.9 Å². The predicted molar refractivity (Wildman–Crippen MR) is 122 cm³/mol. The summed E-state index contributed by atoms with van der Waals surface area (Å²) in [5.41, 5.74) is 0.0256. The van der Waals surface area contributed by atoms with Crippen LogP contribution in [0.3, 0.4) is 0 Å². The van der Waals surface area contributed by atoms with E-state index in [9.17, 15) is 18.0 Å². The molecule has 0 radical (unpaired) electrons. The van der Waals surface area contributed by atoms with E-state index in [-0.39, 0.29) is 17.5 Å². The number of carbonyl (C=O) groups excluding carboxylic acids is 1. The molecule has 1 saturated heterocycles. The van der Waals surface area contributed by atoms with E-state index in [4.69, 9.17) is 14.0 Å². The molecule has 35 heavy (non-hydrogen) atoms. The highest BCUT2D eigenvalue weighted by atomic mass is 19.4. The van der Waals surface area contributed by atoms with Crippen molar-refractivity contribution in [1.82, 2.24) is 10.1 Å². The van der Waals surface area contributed by atoms with Gasteiger partial charge in [-0.3, -0.25) is 4.79 Å². The molecule has 0 saturated carbocycles. The van der Waals surface area contributed by atoms with E-state index in [0.717, 1.165) is 12.1 Å². The van der Waals surface area contributed by atoms with Gasteiger partial charge in [0.2, 0.25) is 11.7 Å². The van der Waals surface area contributed by atoms with Crippen LogP contribution in [-0.4, -0.2) is 42.9 Å². The Morgan fingerprint density at radius 2 is 1.94 bits per heavy atom. The average molecular weight is 490 g/mol. The molecule has 0 spiro atoms. The number of hydrogen-bond acceptors (Lipinski definition) is 7. The summed E-state index contributed by atoms with van der Waals surface area (Å²) >= 11 is 0. The second kappa shape index (κ2) is 10.2. The summed E-state index contributed by atoms with van der Waals surface area (Å²) in [5, 5.41) is 6.65. The van der Waals surface area contributed by atoms with Gasteiger partial charge in [-0.1, -0.05) is 11.2 Å². The summed E-state index contributed by atoms with van der Waals surface area (Å²) in [5.74, 6) is 0.928. The molecule has 11 heteroatoms. The number of nitrogens with zero attached hydrogens (tertiary/aromatic N) is 3. The lowest BCUT2D eigenvalue weighted by atomic mass is 9.96. The molecule has 2 aromatic carbocycles. The Kier molecular flexibility index (Phi) is 7.13. The molecule has 1 fully saturated rings. The van der Waals surface area contributed by atoms with Crippen LogP contribution in [0, 0.1) is 5.92 Å². The lowest BCUT2D eigenvalue weighted by molar-refractivity contribution is -0.137. The number of halogens is 3. The van der Waals surface area contributed by atoms with Crippen LogP contribution in [-0.2, 0) is 11.0 Å². The van der Waals surface area contributed by atoms with E-state index in [0.29, 0.717) is 61.4 Å². The first-order valence-corrected chi connectivity index (χ1v) is 11.2. The monoisotopic (exact) mass is 490 g/mol. The topological polar surface area (TPSA) is 89.7 Å². The number of aromatic nitrogens is 2. The second-order valence-corrected chi connectivity index (χ2v) is 8.03. The van der Waals surface area contributed by atoms with Gasteiger partial charge in [-0.05, 0) is 56.2 Å². The van der Waals surface area contributed by atoms with Crippen LogP contribution >= 0.6 is 0 Å². The molecule has 0 atom stereocenters. The zero-order valence-corrected chi connectivity index (χ0v) is 19.3. The Balaban J connectivity index is 1.36. The number of hydrogen-bond donors (Lipinski definition) is 1. The van der Waals surface area contributed by atoms with Crippen LogP contribution < -0.4 is 19.7 Å². The molecular formula is C24H25F3N4O4. The Hall–Kier alpha value is -3.76. The van der Waals surface area contributed by atoms with E-state index in [1.165, 1.54) is 12.1 Å². The van der Waals surface area contributed by atoms with Crippen molar-refractivity contribution in [3.05, 3.63) is 48.0 Å². The van der Waals surface area contributed by atoms with Crippen molar-refractivity contribution < 1.29 is 32.0 Å². The Bertz CT molecular complexity index is 1170. The van der Waals surface area contributed by atoms with E-state index in [1.54, 1.807) is 19.2 Å². The van der Waals surface area contributed by atoms with Crippen molar-refractivity contribution in [2.45, 2.75) is 25.9 Å². The number of nitrogens with one attached hydrogen (secondary N) is 1. The van der Waals surface area contributed by atoms with Gasteiger partial charge in [0, 0.05) is 30.3 Å². The maximum absolute atomic E-state index is 12.9. The SMILES string of the molecule is CCOc1ccc(-c2noc(N3CCC(C(=O)Nc4cccc(C(F)(F)F)c4)CC3)n2)cc1OC. The Morgan fingerprint density at radius 3 is 2.63 bits per heavy atom. The third kappa shape index (κ3) is 5.67. The molecule has 0 bridgehead atoms. The number of rotatable bonds is 7. The quantitative estimate of drug-likeness (QED) is 0.498. The van der Waals surface area contributed by atoms with E-state index in [1.807, 2.05) is 17.9 Å². The molecule has 0 unspecified atom stereocenters. The van der Waals surface area contributed by atoms with E-state index >= 15 is 0 Å². The van der Waals surface area contributed by atoms with Crippen molar-refractivity contribution in [2.24, 2.45) is 5.92 Å². The minimum atomic E-state index is -4.47. The molecule has 8 nitrogen and oxygen atoms in total. The number of alkyl halides is 3. The van der Waals surface area contributed by atoms with Crippen LogP contribution in [0.25, 0.3) is 11.4 Å². The molecule has 1 amide bonds. The summed E-state index contributed by atoms with van der Waals surface area (Å²) in [6, 6.07) is 10.3. The lowest BCUT2D eigenvalue weighted by Gasteiger charge is -2.29. The molecule has 0 aliphatic carbocycles. The highest BCUT2D eigenvalue weighted by Gasteiger charge is 2.31. The minimum Gasteiger partial charge on any atom is -0.493 e. The molecule has 1 aliphatic heterocycles. The number of amides is 1. The summed E-state index contributed by atoms with van der Waals surface area (Å²) in [6.07, 6.45) is -3.47. The summed E-state index contributed by atoms with van der Waals surface area (Å²) in [4.78, 5) is 19.0. The van der Waals surface area contributed by atoms with Crippen molar-refractivity contribution in [3.8, 4) is 22.9 Å². The zero-order valence-electron chi connectivity index (χ0n) is 19.3. The standard InChI is InChI=1S/C24H25F3N4O4/c1-3-34-19-8-7-16(13-20(19)33-2)21-29-23(35-30-21)31-11-9-15(10-12-31)22(32)28-18-6-4-5-17(14-18)24(25,26)27/h4-8,13-15H,3,9-12H2,1-2H3,(H,28,32). The first-order chi connectivity index (χ1) is 16.8. The third-order valence-electron chi connectivity index (χ3n) is 5.73. The highest BCUT2D eigenvalue weighted by molar-refractivity contribution is 5.92. The maximum Gasteiger partial charge on any atom is 0.416 e. The summed E-state index contributed by atoms with van der Waals surface area (Å²) in [6.45, 7) is 3.39. The van der Waals surface area contributed by atoms with Gasteiger partial charge in [0.25, 0.3) is 0 Å². The number of methoxy groups -OCH3 is 1. The predicted octanol–water partition coefficient (Wildman–Crippen LogP) is 5.02. The zero-order chi connectivity index (χ0) is 25.0. The van der Waals surface area contributed by atoms with Crippen LogP contribution in [0.2, 0.25) is 0 Å². The third-order valence-corrected chi connectivity index (χ3v) is 5.73. The minimum absolute atomic E-state index is 0.125. The van der Waals surface area contributed by atoms with Crippen LogP contribution in [0.1, 0.15) is 25.3 Å². The fraction of sp³-hybridized carbons (Fsp3) is 0.375. The Morgan fingerprint density at radius 1 is 1.17 bits per heavy atom. The van der Waals surface area contributed by atoms with Crippen molar-refractivity contribution in [2.75, 3.05) is 37.0 Å². The van der Waals surface area contributed by atoms with Gasteiger partial charge in [-0.25, -0.2) is 0 Å². The van der Waals surface area contributed by atoms with E-state index < -0.39 is 11.7 Å². The number of piperidine rings is 1. The summed E-state index contributed by atoms with van der Waals surface area (Å²) < 4.78 is 55.1. The number of carbonyl (C=O) groups is 1. The van der Waals surface area contributed by atoms with Gasteiger partial charge in [-0.2, -0.15) is 18.2 Å². The summed E-state index contributed by atoms with van der Waals surface area (Å²) in [7, 11) is 1.55. The van der Waals surface area contributed by atoms with Gasteiger partial charge in [0.15, 0.2) is 11.5 Å². The van der Waals surface area contributed by atoms with Gasteiger partial charge in [-0.15, -0.1) is 0 Å². The Labute approximate surface area is 200 Å². The number of ether oxygens (including phenoxy) is 2. The highest BCUT2D eigenvalue weighted by Crippen LogP contribution is 2.33. The molecule has 4 rings (SSSR count).